The molecule has 3 heterocycles. The molecule has 0 aromatic carbocycles. The molecule has 20 heteroatoms. The maximum absolute atomic E-state index is 11.2. The van der Waals surface area contributed by atoms with Gasteiger partial charge < -0.3 is 34.6 Å². The Morgan fingerprint density at radius 3 is 1.42 bits per heavy atom. The average molecular weight is 938 g/mol. The Labute approximate surface area is 386 Å². The Morgan fingerprint density at radius 2 is 1.16 bits per heavy atom. The van der Waals surface area contributed by atoms with Gasteiger partial charge in [0.25, 0.3) is 10.1 Å². The smallest absolute Gasteiger partial charge is 0.264 e. The second kappa shape index (κ2) is 44.2. The third-order valence-corrected chi connectivity index (χ3v) is 3.83. The van der Waals surface area contributed by atoms with E-state index in [4.69, 9.17) is 85.9 Å². The maximum Gasteiger partial charge on any atom is 0.264 e. The van der Waals surface area contributed by atoms with Crippen molar-refractivity contribution in [1.82, 2.24) is 20.0 Å². The lowest BCUT2D eigenvalue weighted by molar-refractivity contribution is 0.0353. The van der Waals surface area contributed by atoms with Gasteiger partial charge in [-0.3, -0.25) is 14.0 Å². The molecular formula is C30H68BrCl3N4O10S2. The highest BCUT2D eigenvalue weighted by Crippen LogP contribution is 1.99. The summed E-state index contributed by atoms with van der Waals surface area (Å²) in [6.45, 7) is -50.8. The number of hydrogen-bond donors (Lipinski definition) is 3. The highest BCUT2D eigenvalue weighted by molar-refractivity contribution is 9.09. The van der Waals surface area contributed by atoms with Crippen LogP contribution in [0, 0.1) is 0 Å². The first-order valence-corrected chi connectivity index (χ1v) is 18.7. The lowest BCUT2D eigenvalue weighted by Gasteiger charge is -2.26. The van der Waals surface area contributed by atoms with Crippen LogP contribution in [0.1, 0.15) is 97.5 Å². The molecule has 0 unspecified atom stereocenters. The summed E-state index contributed by atoms with van der Waals surface area (Å²) in [5.41, 5.74) is 0. The number of aliphatic hydroxyl groups is 2. The largest absolute Gasteiger partial charge is 0.396 e. The molecule has 0 saturated carbocycles. The molecule has 3 aliphatic rings. The van der Waals surface area contributed by atoms with Crippen molar-refractivity contribution in [3.8, 4) is 0 Å². The van der Waals surface area contributed by atoms with Gasteiger partial charge >= 0.3 is 0 Å². The van der Waals surface area contributed by atoms with Gasteiger partial charge in [0, 0.05) is 114 Å². The van der Waals surface area contributed by atoms with Gasteiger partial charge in [0.1, 0.15) is 0 Å². The summed E-state index contributed by atoms with van der Waals surface area (Å²) >= 11 is 11.8. The van der Waals surface area contributed by atoms with E-state index in [1.807, 2.05) is 0 Å². The van der Waals surface area contributed by atoms with E-state index in [1.54, 1.807) is 5.32 Å². The van der Waals surface area contributed by atoms with E-state index in [0.29, 0.717) is 6.26 Å². The standard InChI is InChI=1S/C8H17NO4S.C7H15NO2.C6H15N.C4H9NO.C3H7BrO.CH2Cl2.CH3ClO2S/c1-14(10,11)13-6-2-3-9-4-7-12-8-5-9;9-5-1-2-8-3-6-10-7-4-8;1-4-7(5-2)6-3;1-3-6-4-2-5-1;4-2-1-3-5;2-1-3;1-5(2,3)4/h2-8H2,1H3;9H,1-7H2;4-6H2,1-3H3;5H,1-4H2;5H,1-3H2;1H2;1H3/i2D2,3D2,4D2,5D2,6D2,7D2,8D2;1D2,2D2,3D2,4D2,5D2,6D2,7D2;;1D2,2D2,3D2,4D2;1D2,2D2,3D2;;. The predicted octanol–water partition coefficient (Wildman–Crippen LogP) is 2.71. The molecule has 308 valence electrons. The first-order chi connectivity index (χ1) is 39.0. The Morgan fingerprint density at radius 1 is 0.800 bits per heavy atom. The van der Waals surface area contributed by atoms with E-state index >= 15 is 0 Å². The Balaban J connectivity index is -0.000000542. The fraction of sp³-hybridized carbons (Fsp3) is 1.00. The molecule has 3 aliphatic heterocycles. The second-order valence-electron chi connectivity index (χ2n) is 6.62. The van der Waals surface area contributed by atoms with Gasteiger partial charge in [-0.1, -0.05) is 36.7 Å². The number of nitrogens with zero attached hydrogens (tertiary/aromatic N) is 3. The summed E-state index contributed by atoms with van der Waals surface area (Å²) < 4.78 is 366. The fourth-order valence-electron chi connectivity index (χ4n) is 1.60. The van der Waals surface area contributed by atoms with Crippen LogP contribution in [0.3, 0.4) is 0 Å². The predicted molar refractivity (Wildman–Crippen MR) is 212 cm³/mol. The number of nitrogens with one attached hydrogen (secondary N) is 1. The van der Waals surface area contributed by atoms with Crippen molar-refractivity contribution < 1.29 is 103 Å². The molecule has 0 radical (unpaired) electrons. The SMILES string of the molecule is CCN(CC)CC.CS(=O)(=O)Cl.ClCCl.[2H]C([2H])(O)C([2H])([2H])C([2H])([2H])Br.[2H]C([2H])(O)C([2H])([2H])C([2H])([2H])N1C([2H])([2H])C([2H])([2H])OC([2H])([2H])C1([2H])[2H].[2H]C1([2H])NC([2H])([2H])C([2H])([2H])OC1([2H])[2H].[2H]C1([2H])OC([2H])([2H])C([2H])([2H])N(C([2H])([2H])C([2H])([2H])C([2H])([2H])OS(C)(=O)=O)C1([2H])[2H]. The molecule has 14 nitrogen and oxygen atoms in total. The number of morpholine rings is 3. The van der Waals surface area contributed by atoms with Gasteiger partial charge in [0.15, 0.2) is 0 Å². The van der Waals surface area contributed by atoms with Crippen LogP contribution in [0.4, 0.5) is 0 Å². The highest BCUT2D eigenvalue weighted by atomic mass is 79.9. The van der Waals surface area contributed by atoms with Crippen LogP contribution in [0.2, 0.25) is 0 Å². The Hall–Kier alpha value is 0.850. The minimum Gasteiger partial charge on any atom is -0.396 e. The lowest BCUT2D eigenvalue weighted by Crippen LogP contribution is -2.37. The van der Waals surface area contributed by atoms with Gasteiger partial charge in [0.05, 0.1) is 88.4 Å². The summed E-state index contributed by atoms with van der Waals surface area (Å²) in [7, 11) is -3.41. The zero-order chi connectivity index (χ0) is 76.6. The summed E-state index contributed by atoms with van der Waals surface area (Å²) in [5, 5.41) is 17.0. The van der Waals surface area contributed by atoms with E-state index in [2.05, 4.69) is 70.7 Å². The molecule has 0 atom stereocenters. The Kier molecular flexibility index (Phi) is 14.2. The molecule has 3 rings (SSSR count). The molecule has 0 aromatic rings. The normalized spacial score (nSPS) is 43.6. The van der Waals surface area contributed by atoms with Crippen molar-refractivity contribution in [1.29, 1.82) is 0 Å². The maximum atomic E-state index is 11.2. The van der Waals surface area contributed by atoms with E-state index in [0.717, 1.165) is 6.26 Å². The number of rotatable bonds is 13. The third-order valence-electron chi connectivity index (χ3n) is 3.24. The van der Waals surface area contributed by atoms with E-state index in [-0.39, 0.29) is 5.34 Å². The topological polar surface area (TPSA) is 167 Å². The third kappa shape index (κ3) is 60.9. The van der Waals surface area contributed by atoms with Crippen LogP contribution in [0.5, 0.6) is 0 Å². The molecule has 0 bridgehead atoms. The molecule has 0 aliphatic carbocycles. The molecule has 0 spiro atoms. The molecule has 0 aromatic heterocycles. The second-order valence-corrected chi connectivity index (χ2v) is 12.4. The van der Waals surface area contributed by atoms with Crippen LogP contribution >= 0.6 is 49.8 Å². The van der Waals surface area contributed by atoms with Gasteiger partial charge in [-0.05, 0) is 38.8 Å². The number of ether oxygens (including phenoxy) is 3. The van der Waals surface area contributed by atoms with Gasteiger partial charge in [-0.2, -0.15) is 8.42 Å². The molecule has 3 saturated heterocycles. The van der Waals surface area contributed by atoms with E-state index in [9.17, 15) is 21.9 Å². The highest BCUT2D eigenvalue weighted by Gasteiger charge is 2.10. The average Bonchev–Trinajstić information content (AvgIpc) is 3.22. The van der Waals surface area contributed by atoms with E-state index < -0.39 is 164 Å². The van der Waals surface area contributed by atoms with Crippen molar-refractivity contribution in [2.45, 2.75) is 39.9 Å². The Bertz CT molecular complexity index is 2480. The first kappa shape index (κ1) is 16.0. The molecular weight excluding hydrogens is 827 g/mol. The lowest BCUT2D eigenvalue weighted by atomic mass is 10.3. The van der Waals surface area contributed by atoms with Gasteiger partial charge in [0.2, 0.25) is 9.05 Å². The summed E-state index contributed by atoms with van der Waals surface area (Å²) in [5.74, 6) is 0. The minimum atomic E-state index is -4.72. The van der Waals surface area contributed by atoms with Crippen LogP contribution in [0.15, 0.2) is 0 Å². The summed E-state index contributed by atoms with van der Waals surface area (Å²) in [6.07, 6.45) is -9.90. The molecule has 3 fully saturated rings. The van der Waals surface area contributed by atoms with Crippen molar-refractivity contribution >= 4 is 69.0 Å². The van der Waals surface area contributed by atoms with Crippen molar-refractivity contribution in [3.63, 3.8) is 0 Å². The summed E-state index contributed by atoms with van der Waals surface area (Å²) in [6, 6.07) is 0. The van der Waals surface area contributed by atoms with Crippen LogP contribution in [-0.2, 0) is 37.6 Å². The quantitative estimate of drug-likeness (QED) is 0.140. The van der Waals surface area contributed by atoms with Gasteiger partial charge in [-0.15, -0.1) is 23.2 Å². The zero-order valence-electron chi connectivity index (χ0n) is 68.7. The van der Waals surface area contributed by atoms with Crippen LogP contribution in [-0.4, -0.2) is 196 Å². The number of hydrogen-bond acceptors (Lipinski definition) is 14. The fourth-order valence-corrected chi connectivity index (χ4v) is 1.88. The molecule has 0 amide bonds. The number of halogens is 4. The first-order valence-electron chi connectivity index (χ1n) is 33.3. The monoisotopic (exact) mass is 935 g/mol. The van der Waals surface area contributed by atoms with E-state index in [1.165, 1.54) is 19.6 Å². The van der Waals surface area contributed by atoms with Crippen LogP contribution < -0.4 is 5.32 Å². The number of alkyl halides is 3. The minimum absolute atomic E-state index is 0.194. The zero-order valence-corrected chi connectivity index (χ0v) is 32.1. The molecule has 50 heavy (non-hydrogen) atoms. The molecule has 3 N–H and O–H groups in total. The van der Waals surface area contributed by atoms with Crippen molar-refractivity contribution in [3.05, 3.63) is 0 Å². The van der Waals surface area contributed by atoms with Crippen molar-refractivity contribution in [2.24, 2.45) is 0 Å². The summed E-state index contributed by atoms with van der Waals surface area (Å²) in [4.78, 5) is 0.782. The van der Waals surface area contributed by atoms with Crippen LogP contribution in [0.25, 0.3) is 0 Å². The van der Waals surface area contributed by atoms with Gasteiger partial charge in [-0.25, -0.2) is 8.42 Å². The van der Waals surface area contributed by atoms with Crippen molar-refractivity contribution in [2.75, 3.05) is 154 Å².